The molecule has 0 bridgehead atoms. The van der Waals surface area contributed by atoms with Crippen molar-refractivity contribution in [2.45, 2.75) is 25.3 Å². The second-order valence-corrected chi connectivity index (χ2v) is 5.19. The van der Waals surface area contributed by atoms with Gasteiger partial charge in [-0.3, -0.25) is 0 Å². The van der Waals surface area contributed by atoms with Gasteiger partial charge in [0.1, 0.15) is 5.69 Å². The summed E-state index contributed by atoms with van der Waals surface area (Å²) in [6, 6.07) is 3.89. The summed E-state index contributed by atoms with van der Waals surface area (Å²) in [6.45, 7) is 0.232. The molecule has 3 rings (SSSR count). The van der Waals surface area contributed by atoms with E-state index in [1.54, 1.807) is 0 Å². The van der Waals surface area contributed by atoms with E-state index in [-0.39, 0.29) is 23.6 Å². The minimum atomic E-state index is -1.20. The van der Waals surface area contributed by atoms with Gasteiger partial charge in [0.15, 0.2) is 0 Å². The molecule has 0 atom stereocenters. The monoisotopic (exact) mass is 302 g/mol. The predicted molar refractivity (Wildman–Crippen MR) is 75.1 cm³/mol. The molecule has 4 N–H and O–H groups in total. The van der Waals surface area contributed by atoms with Crippen LogP contribution in [0.5, 0.6) is 0 Å². The first-order valence-corrected chi connectivity index (χ1v) is 6.78. The van der Waals surface area contributed by atoms with E-state index in [0.29, 0.717) is 11.4 Å². The molecular weight excluding hydrogens is 288 g/mol. The predicted octanol–water partition coefficient (Wildman–Crippen LogP) is 1.000. The second kappa shape index (κ2) is 5.23. The minimum Gasteiger partial charge on any atom is -0.478 e. The molecule has 114 valence electrons. The minimum absolute atomic E-state index is 0.110. The Morgan fingerprint density at radius 3 is 2.23 bits per heavy atom. The van der Waals surface area contributed by atoms with E-state index in [1.807, 2.05) is 0 Å². The summed E-state index contributed by atoms with van der Waals surface area (Å²) in [5, 5.41) is 26.3. The van der Waals surface area contributed by atoms with E-state index in [1.165, 1.54) is 16.8 Å². The first-order valence-electron chi connectivity index (χ1n) is 6.78. The third-order valence-electron chi connectivity index (χ3n) is 3.59. The van der Waals surface area contributed by atoms with Gasteiger partial charge < -0.3 is 15.9 Å². The largest absolute Gasteiger partial charge is 0.478 e. The summed E-state index contributed by atoms with van der Waals surface area (Å²) in [5.41, 5.74) is 7.29. The SMILES string of the molecule is NCc1nnn(-c2cc(C(=O)O)cc(C(=O)O)c2)c1C1CC1. The van der Waals surface area contributed by atoms with E-state index >= 15 is 0 Å². The number of hydrogen-bond acceptors (Lipinski definition) is 5. The smallest absolute Gasteiger partial charge is 0.335 e. The highest BCUT2D eigenvalue weighted by molar-refractivity contribution is 5.94. The Hall–Kier alpha value is -2.74. The standard InChI is InChI=1S/C14H14N4O4/c15-6-11-12(7-1-2-7)18(17-16-11)10-4-8(13(19)20)3-9(5-10)14(21)22/h3-5,7H,1-2,6,15H2,(H,19,20)(H,21,22). The normalized spacial score (nSPS) is 14.0. The van der Waals surface area contributed by atoms with Gasteiger partial charge in [-0.05, 0) is 31.0 Å². The van der Waals surface area contributed by atoms with Crippen molar-refractivity contribution in [2.24, 2.45) is 5.73 Å². The zero-order chi connectivity index (χ0) is 15.9. The molecule has 1 aliphatic carbocycles. The highest BCUT2D eigenvalue weighted by atomic mass is 16.4. The van der Waals surface area contributed by atoms with Gasteiger partial charge in [0, 0.05) is 12.5 Å². The number of hydrogen-bond donors (Lipinski definition) is 3. The number of aromatic carboxylic acids is 2. The molecule has 22 heavy (non-hydrogen) atoms. The Bertz CT molecular complexity index is 732. The Labute approximate surface area is 125 Å². The number of carboxylic acid groups (broad SMARTS) is 2. The average molecular weight is 302 g/mol. The quantitative estimate of drug-likeness (QED) is 0.750. The van der Waals surface area contributed by atoms with E-state index in [2.05, 4.69) is 10.3 Å². The summed E-state index contributed by atoms with van der Waals surface area (Å²) in [4.78, 5) is 22.4. The topological polar surface area (TPSA) is 131 Å². The molecule has 0 amide bonds. The number of nitrogens with zero attached hydrogens (tertiary/aromatic N) is 3. The molecule has 1 fully saturated rings. The zero-order valence-corrected chi connectivity index (χ0v) is 11.6. The molecule has 8 heteroatoms. The Morgan fingerprint density at radius 1 is 1.18 bits per heavy atom. The van der Waals surface area contributed by atoms with Crippen molar-refractivity contribution in [3.05, 3.63) is 40.7 Å². The molecule has 0 unspecified atom stereocenters. The first-order chi connectivity index (χ1) is 10.5. The van der Waals surface area contributed by atoms with Gasteiger partial charge in [-0.2, -0.15) is 0 Å². The number of rotatable bonds is 5. The van der Waals surface area contributed by atoms with Crippen LogP contribution in [-0.2, 0) is 6.54 Å². The van der Waals surface area contributed by atoms with Gasteiger partial charge in [-0.25, -0.2) is 14.3 Å². The van der Waals surface area contributed by atoms with Crippen molar-refractivity contribution in [3.8, 4) is 5.69 Å². The molecule has 0 aliphatic heterocycles. The van der Waals surface area contributed by atoms with Crippen LogP contribution >= 0.6 is 0 Å². The summed E-state index contributed by atoms with van der Waals surface area (Å²) < 4.78 is 1.50. The van der Waals surface area contributed by atoms with Crippen molar-refractivity contribution in [3.63, 3.8) is 0 Å². The molecule has 1 aromatic carbocycles. The van der Waals surface area contributed by atoms with Crippen molar-refractivity contribution in [1.29, 1.82) is 0 Å². The van der Waals surface area contributed by atoms with Crippen LogP contribution in [0.3, 0.4) is 0 Å². The van der Waals surface area contributed by atoms with Crippen LogP contribution in [0.2, 0.25) is 0 Å². The fourth-order valence-corrected chi connectivity index (χ4v) is 2.40. The lowest BCUT2D eigenvalue weighted by molar-refractivity contribution is 0.0696. The Kier molecular flexibility index (Phi) is 3.38. The Balaban J connectivity index is 2.17. The van der Waals surface area contributed by atoms with Crippen LogP contribution in [0.4, 0.5) is 0 Å². The lowest BCUT2D eigenvalue weighted by atomic mass is 10.1. The third-order valence-corrected chi connectivity index (χ3v) is 3.59. The van der Waals surface area contributed by atoms with Gasteiger partial charge in [0.25, 0.3) is 0 Å². The molecule has 8 nitrogen and oxygen atoms in total. The maximum absolute atomic E-state index is 11.2. The summed E-state index contributed by atoms with van der Waals surface area (Å²) in [7, 11) is 0. The van der Waals surface area contributed by atoms with Gasteiger partial charge >= 0.3 is 11.9 Å². The maximum atomic E-state index is 11.2. The van der Waals surface area contributed by atoms with Crippen LogP contribution < -0.4 is 5.73 Å². The number of benzene rings is 1. The zero-order valence-electron chi connectivity index (χ0n) is 11.6. The average Bonchev–Trinajstić information content (AvgIpc) is 3.25. The molecule has 1 aliphatic rings. The van der Waals surface area contributed by atoms with Gasteiger partial charge in [-0.1, -0.05) is 5.21 Å². The maximum Gasteiger partial charge on any atom is 0.335 e. The molecule has 0 spiro atoms. The lowest BCUT2D eigenvalue weighted by Crippen LogP contribution is -2.09. The van der Waals surface area contributed by atoms with Crippen molar-refractivity contribution in [1.82, 2.24) is 15.0 Å². The molecule has 2 aromatic rings. The number of carbonyl (C=O) groups is 2. The fraction of sp³-hybridized carbons (Fsp3) is 0.286. The van der Waals surface area contributed by atoms with Crippen LogP contribution in [0, 0.1) is 0 Å². The van der Waals surface area contributed by atoms with Crippen LogP contribution in [0.1, 0.15) is 50.9 Å². The third kappa shape index (κ3) is 2.44. The van der Waals surface area contributed by atoms with Gasteiger partial charge in [0.05, 0.1) is 22.5 Å². The highest BCUT2D eigenvalue weighted by Gasteiger charge is 2.31. The first kappa shape index (κ1) is 14.2. The van der Waals surface area contributed by atoms with E-state index in [0.717, 1.165) is 24.6 Å². The summed E-state index contributed by atoms with van der Waals surface area (Å²) in [5.74, 6) is -2.11. The van der Waals surface area contributed by atoms with Gasteiger partial charge in [-0.15, -0.1) is 5.10 Å². The summed E-state index contributed by atoms with van der Waals surface area (Å²) in [6.07, 6.45) is 1.98. The highest BCUT2D eigenvalue weighted by Crippen LogP contribution is 2.41. The van der Waals surface area contributed by atoms with E-state index < -0.39 is 11.9 Å². The van der Waals surface area contributed by atoms with Crippen molar-refractivity contribution < 1.29 is 19.8 Å². The molecule has 1 aromatic heterocycles. The molecule has 0 saturated heterocycles. The van der Waals surface area contributed by atoms with Crippen LogP contribution in [-0.4, -0.2) is 37.1 Å². The number of carboxylic acids is 2. The molecule has 1 saturated carbocycles. The van der Waals surface area contributed by atoms with Crippen LogP contribution in [0.15, 0.2) is 18.2 Å². The van der Waals surface area contributed by atoms with Crippen molar-refractivity contribution >= 4 is 11.9 Å². The molecule has 1 heterocycles. The fourth-order valence-electron chi connectivity index (χ4n) is 2.40. The van der Waals surface area contributed by atoms with E-state index in [4.69, 9.17) is 15.9 Å². The lowest BCUT2D eigenvalue weighted by Gasteiger charge is -2.09. The molecule has 0 radical (unpaired) electrons. The van der Waals surface area contributed by atoms with E-state index in [9.17, 15) is 9.59 Å². The summed E-state index contributed by atoms with van der Waals surface area (Å²) >= 11 is 0. The van der Waals surface area contributed by atoms with Crippen LogP contribution in [0.25, 0.3) is 5.69 Å². The number of aromatic nitrogens is 3. The Morgan fingerprint density at radius 2 is 1.77 bits per heavy atom. The number of nitrogens with two attached hydrogens (primary N) is 1. The van der Waals surface area contributed by atoms with Gasteiger partial charge in [0.2, 0.25) is 0 Å². The second-order valence-electron chi connectivity index (χ2n) is 5.19. The van der Waals surface area contributed by atoms with Crippen molar-refractivity contribution in [2.75, 3.05) is 0 Å². The molecular formula is C14H14N4O4.